The third-order valence-electron chi connectivity index (χ3n) is 3.78. The second-order valence-corrected chi connectivity index (χ2v) is 6.64. The zero-order valence-corrected chi connectivity index (χ0v) is 15.7. The van der Waals surface area contributed by atoms with E-state index in [9.17, 15) is 4.79 Å². The number of rotatable bonds is 3. The van der Waals surface area contributed by atoms with Crippen LogP contribution in [0, 0.1) is 0 Å². The van der Waals surface area contributed by atoms with Crippen LogP contribution >= 0.6 is 35.4 Å². The number of hydrogen-bond donors (Lipinski definition) is 2. The van der Waals surface area contributed by atoms with Crippen molar-refractivity contribution in [3.05, 3.63) is 57.4 Å². The smallest absolute Gasteiger partial charge is 0.338 e. The highest BCUT2D eigenvalue weighted by Crippen LogP contribution is 2.35. The third-order valence-corrected chi connectivity index (χ3v) is 4.55. The van der Waals surface area contributed by atoms with E-state index in [0.717, 1.165) is 0 Å². The number of allylic oxidation sites excluding steroid dienone is 1. The second kappa shape index (κ2) is 7.07. The van der Waals surface area contributed by atoms with E-state index in [1.165, 1.54) is 7.11 Å². The Balaban J connectivity index is 2.01. The summed E-state index contributed by atoms with van der Waals surface area (Å²) in [5, 5.41) is 7.36. The van der Waals surface area contributed by atoms with Gasteiger partial charge in [-0.2, -0.15) is 0 Å². The van der Waals surface area contributed by atoms with Crippen molar-refractivity contribution in [1.82, 2.24) is 10.6 Å². The molecule has 2 heterocycles. The number of halogens is 2. The predicted molar refractivity (Wildman–Crippen MR) is 100 cm³/mol. The molecule has 1 aromatic heterocycles. The molecular weight excluding hydrogens is 383 g/mol. The number of esters is 1. The van der Waals surface area contributed by atoms with Gasteiger partial charge in [-0.05, 0) is 49.5 Å². The molecule has 130 valence electrons. The fourth-order valence-corrected chi connectivity index (χ4v) is 3.40. The Labute approximate surface area is 159 Å². The maximum absolute atomic E-state index is 12.2. The molecule has 2 N–H and O–H groups in total. The summed E-state index contributed by atoms with van der Waals surface area (Å²) in [4.78, 5) is 12.2. The van der Waals surface area contributed by atoms with Crippen LogP contribution in [0.1, 0.15) is 18.7 Å². The highest BCUT2D eigenvalue weighted by atomic mass is 35.5. The van der Waals surface area contributed by atoms with Crippen molar-refractivity contribution in [2.75, 3.05) is 7.11 Å². The average molecular weight is 397 g/mol. The summed E-state index contributed by atoms with van der Waals surface area (Å²) in [6.07, 6.45) is 0. The topological polar surface area (TPSA) is 63.5 Å². The first-order chi connectivity index (χ1) is 11.9. The monoisotopic (exact) mass is 396 g/mol. The van der Waals surface area contributed by atoms with Gasteiger partial charge in [0.05, 0.1) is 17.7 Å². The maximum Gasteiger partial charge on any atom is 0.338 e. The van der Waals surface area contributed by atoms with Gasteiger partial charge < -0.3 is 19.8 Å². The summed E-state index contributed by atoms with van der Waals surface area (Å²) in [7, 11) is 1.33. The number of carbonyl (C=O) groups is 1. The lowest BCUT2D eigenvalue weighted by atomic mass is 10.0. The number of hydrogen-bond acceptors (Lipinski definition) is 4. The number of benzene rings is 1. The van der Waals surface area contributed by atoms with Gasteiger partial charge in [0.2, 0.25) is 0 Å². The van der Waals surface area contributed by atoms with Crippen LogP contribution in [0.3, 0.4) is 0 Å². The normalized spacial score (nSPS) is 17.1. The van der Waals surface area contributed by atoms with Crippen LogP contribution < -0.4 is 10.6 Å². The Hall–Kier alpha value is -2.02. The van der Waals surface area contributed by atoms with Crippen molar-refractivity contribution in [1.29, 1.82) is 0 Å². The van der Waals surface area contributed by atoms with Gasteiger partial charge in [0, 0.05) is 16.3 Å². The van der Waals surface area contributed by atoms with E-state index in [4.69, 9.17) is 44.6 Å². The Kier molecular flexibility index (Phi) is 5.03. The summed E-state index contributed by atoms with van der Waals surface area (Å²) in [5.41, 5.74) is 1.72. The summed E-state index contributed by atoms with van der Waals surface area (Å²) >= 11 is 17.3. The summed E-state index contributed by atoms with van der Waals surface area (Å²) in [5.74, 6) is 0.613. The van der Waals surface area contributed by atoms with E-state index in [1.54, 1.807) is 37.3 Å². The van der Waals surface area contributed by atoms with Crippen LogP contribution in [-0.2, 0) is 9.53 Å². The standard InChI is InChI=1S/C17H14Cl2N2O3S/c1-8-14(16(22)23-2)15(21-17(25)20-8)13-6-5-12(24-13)10-4-3-9(18)7-11(10)19/h3-7,15H,1-2H3,(H2,20,21,25)/t15-/m0/s1. The lowest BCUT2D eigenvalue weighted by Crippen LogP contribution is -2.44. The highest BCUT2D eigenvalue weighted by Gasteiger charge is 2.32. The van der Waals surface area contributed by atoms with E-state index in [0.29, 0.717) is 43.5 Å². The van der Waals surface area contributed by atoms with Crippen LogP contribution in [-0.4, -0.2) is 18.2 Å². The van der Waals surface area contributed by atoms with E-state index in [-0.39, 0.29) is 0 Å². The molecule has 3 rings (SSSR count). The molecule has 8 heteroatoms. The molecule has 0 spiro atoms. The zero-order chi connectivity index (χ0) is 18.1. The van der Waals surface area contributed by atoms with Gasteiger partial charge >= 0.3 is 5.97 Å². The SMILES string of the molecule is COC(=O)C1=C(C)NC(=S)N[C@H]1c1ccc(-c2ccc(Cl)cc2Cl)o1. The Morgan fingerprint density at radius 3 is 2.72 bits per heavy atom. The summed E-state index contributed by atoms with van der Waals surface area (Å²) < 4.78 is 10.8. The zero-order valence-electron chi connectivity index (χ0n) is 13.4. The highest BCUT2D eigenvalue weighted by molar-refractivity contribution is 7.80. The quantitative estimate of drug-likeness (QED) is 0.598. The molecule has 1 atom stereocenters. The molecule has 0 unspecified atom stereocenters. The van der Waals surface area contributed by atoms with E-state index in [2.05, 4.69) is 10.6 Å². The van der Waals surface area contributed by atoms with Gasteiger partial charge in [0.15, 0.2) is 5.11 Å². The third kappa shape index (κ3) is 3.51. The van der Waals surface area contributed by atoms with Gasteiger partial charge in [-0.3, -0.25) is 0 Å². The molecule has 1 aliphatic rings. The average Bonchev–Trinajstić information content (AvgIpc) is 3.03. The first kappa shape index (κ1) is 17.8. The molecule has 2 aromatic rings. The molecule has 0 amide bonds. The molecule has 25 heavy (non-hydrogen) atoms. The van der Waals surface area contributed by atoms with Crippen molar-refractivity contribution >= 4 is 46.5 Å². The lowest BCUT2D eigenvalue weighted by molar-refractivity contribution is -0.136. The number of thiocarbonyl (C=S) groups is 1. The maximum atomic E-state index is 12.2. The predicted octanol–water partition coefficient (Wildman–Crippen LogP) is 4.22. The van der Waals surface area contributed by atoms with Gasteiger partial charge in [0.25, 0.3) is 0 Å². The van der Waals surface area contributed by atoms with Crippen LogP contribution in [0.4, 0.5) is 0 Å². The first-order valence-corrected chi connectivity index (χ1v) is 8.49. The van der Waals surface area contributed by atoms with E-state index >= 15 is 0 Å². The van der Waals surface area contributed by atoms with E-state index < -0.39 is 12.0 Å². The van der Waals surface area contributed by atoms with E-state index in [1.807, 2.05) is 0 Å². The summed E-state index contributed by atoms with van der Waals surface area (Å²) in [6.45, 7) is 1.76. The van der Waals surface area contributed by atoms with Gasteiger partial charge in [0.1, 0.15) is 17.6 Å². The fraction of sp³-hybridized carbons (Fsp3) is 0.176. The minimum Gasteiger partial charge on any atom is -0.466 e. The molecule has 0 saturated heterocycles. The van der Waals surface area contributed by atoms with Crippen molar-refractivity contribution < 1.29 is 13.9 Å². The van der Waals surface area contributed by atoms with Crippen LogP contribution in [0.15, 0.2) is 46.0 Å². The van der Waals surface area contributed by atoms with Gasteiger partial charge in [-0.25, -0.2) is 4.79 Å². The fourth-order valence-electron chi connectivity index (χ4n) is 2.63. The second-order valence-electron chi connectivity index (χ2n) is 5.39. The molecular formula is C17H14Cl2N2O3S. The van der Waals surface area contributed by atoms with Crippen molar-refractivity contribution in [2.45, 2.75) is 13.0 Å². The molecule has 0 aliphatic carbocycles. The molecule has 0 bridgehead atoms. The van der Waals surface area contributed by atoms with Gasteiger partial charge in [-0.15, -0.1) is 0 Å². The molecule has 0 radical (unpaired) electrons. The minimum absolute atomic E-state index is 0.401. The number of furan rings is 1. The number of ether oxygens (including phenoxy) is 1. The first-order valence-electron chi connectivity index (χ1n) is 7.32. The lowest BCUT2D eigenvalue weighted by Gasteiger charge is -2.27. The Bertz CT molecular complexity index is 892. The van der Waals surface area contributed by atoms with Gasteiger partial charge in [-0.1, -0.05) is 23.2 Å². The van der Waals surface area contributed by atoms with Crippen LogP contribution in [0.2, 0.25) is 10.0 Å². The Morgan fingerprint density at radius 1 is 1.28 bits per heavy atom. The molecule has 5 nitrogen and oxygen atoms in total. The Morgan fingerprint density at radius 2 is 2.04 bits per heavy atom. The number of carbonyl (C=O) groups excluding carboxylic acids is 1. The molecule has 0 saturated carbocycles. The van der Waals surface area contributed by atoms with Crippen molar-refractivity contribution in [2.24, 2.45) is 0 Å². The van der Waals surface area contributed by atoms with Crippen molar-refractivity contribution in [3.63, 3.8) is 0 Å². The summed E-state index contributed by atoms with van der Waals surface area (Å²) in [6, 6.07) is 8.13. The molecule has 1 aliphatic heterocycles. The van der Waals surface area contributed by atoms with Crippen LogP contribution in [0.5, 0.6) is 0 Å². The number of methoxy groups -OCH3 is 1. The van der Waals surface area contributed by atoms with Crippen LogP contribution in [0.25, 0.3) is 11.3 Å². The van der Waals surface area contributed by atoms with Crippen molar-refractivity contribution in [3.8, 4) is 11.3 Å². The number of nitrogens with one attached hydrogen (secondary N) is 2. The largest absolute Gasteiger partial charge is 0.466 e. The molecule has 1 aromatic carbocycles. The minimum atomic E-state index is -0.555. The molecule has 0 fully saturated rings.